The van der Waals surface area contributed by atoms with Crippen LogP contribution in [-0.4, -0.2) is 25.4 Å². The van der Waals surface area contributed by atoms with E-state index in [-0.39, 0.29) is 33.5 Å². The second kappa shape index (κ2) is 16.0. The fourth-order valence-electron chi connectivity index (χ4n) is 0.0913. The zero-order chi connectivity index (χ0) is 4.12. The predicted octanol–water partition coefficient (Wildman–Crippen LogP) is 0.0729. The van der Waals surface area contributed by atoms with Crippen LogP contribution in [0.25, 0.3) is 0 Å². The maximum atomic E-state index is 7.94. The summed E-state index contributed by atoms with van der Waals surface area (Å²) in [6.07, 6.45) is 0. The summed E-state index contributed by atoms with van der Waals surface area (Å²) in [7, 11) is 1.55. The average molecular weight is 157 g/mol. The normalized spacial score (nSPS) is 6.00. The zero-order valence-electron chi connectivity index (χ0n) is 4.98. The van der Waals surface area contributed by atoms with Crippen molar-refractivity contribution in [2.45, 2.75) is 0 Å². The van der Waals surface area contributed by atoms with Crippen LogP contribution in [0.5, 0.6) is 0 Å². The Morgan fingerprint density at radius 2 is 2.00 bits per heavy atom. The number of ether oxygens (including phenoxy) is 1. The van der Waals surface area contributed by atoms with Gasteiger partial charge < -0.3 is 17.3 Å². The Balaban J connectivity index is -0.0000000800. The third-order valence-corrected chi connectivity index (χ3v) is 0.295. The zero-order valence-corrected chi connectivity index (χ0v) is 7.94. The molecule has 0 aromatic heterocycles. The van der Waals surface area contributed by atoms with Crippen LogP contribution in [0.15, 0.2) is 0 Å². The molecular formula is C4H11O2Zn-. The van der Waals surface area contributed by atoms with Gasteiger partial charge in [0, 0.05) is 26.6 Å². The number of aliphatic hydroxyl groups is 1. The molecule has 0 atom stereocenters. The molecular weight excluding hydrogens is 145 g/mol. The summed E-state index contributed by atoms with van der Waals surface area (Å²) in [5.74, 6) is 0. The third kappa shape index (κ3) is 20.9. The fraction of sp³-hybridized carbons (Fsp3) is 0.750. The van der Waals surface area contributed by atoms with Crippen molar-refractivity contribution in [3.63, 3.8) is 0 Å². The summed E-state index contributed by atoms with van der Waals surface area (Å²) in [6.45, 7) is 0.566. The van der Waals surface area contributed by atoms with Crippen LogP contribution < -0.4 is 0 Å². The molecule has 3 heteroatoms. The van der Waals surface area contributed by atoms with E-state index in [9.17, 15) is 0 Å². The summed E-state index contributed by atoms with van der Waals surface area (Å²) in [5.41, 5.74) is 0. The van der Waals surface area contributed by atoms with E-state index in [1.165, 1.54) is 0 Å². The molecule has 7 heavy (non-hydrogen) atoms. The molecule has 0 amide bonds. The molecule has 0 saturated carbocycles. The summed E-state index contributed by atoms with van der Waals surface area (Å²) in [5, 5.41) is 7.94. The molecule has 1 N–H and O–H groups in total. The number of hydrogen-bond acceptors (Lipinski definition) is 2. The minimum atomic E-state index is 0. The van der Waals surface area contributed by atoms with Crippen LogP contribution in [0.4, 0.5) is 0 Å². The molecule has 0 unspecified atom stereocenters. The molecule has 0 aliphatic heterocycles. The molecule has 0 heterocycles. The molecule has 0 aliphatic carbocycles. The Kier molecular flexibility index (Phi) is 35.8. The molecule has 0 aromatic carbocycles. The van der Waals surface area contributed by atoms with Crippen LogP contribution in [0.2, 0.25) is 0 Å². The first-order chi connectivity index (χ1) is 2.41. The number of aliphatic hydroxyl groups excluding tert-OH is 1. The maximum Gasteiger partial charge on any atom is 0.0693 e. The molecule has 0 fully saturated rings. The molecule has 0 aromatic rings. The minimum Gasteiger partial charge on any atom is -0.394 e. The van der Waals surface area contributed by atoms with Gasteiger partial charge in [0.15, 0.2) is 0 Å². The second-order valence-corrected chi connectivity index (χ2v) is 0.716. The molecule has 2 nitrogen and oxygen atoms in total. The van der Waals surface area contributed by atoms with Gasteiger partial charge in [0.25, 0.3) is 0 Å². The van der Waals surface area contributed by atoms with Crippen molar-refractivity contribution in [2.24, 2.45) is 0 Å². The van der Waals surface area contributed by atoms with Crippen molar-refractivity contribution in [2.75, 3.05) is 20.3 Å². The van der Waals surface area contributed by atoms with E-state index in [0.29, 0.717) is 6.61 Å². The van der Waals surface area contributed by atoms with E-state index in [1.807, 2.05) is 0 Å². The van der Waals surface area contributed by atoms with Gasteiger partial charge >= 0.3 is 0 Å². The van der Waals surface area contributed by atoms with Crippen LogP contribution in [0.1, 0.15) is 0 Å². The average Bonchev–Trinajstić information content (AvgIpc) is 1.41. The smallest absolute Gasteiger partial charge is 0.0693 e. The number of methoxy groups -OCH3 is 1. The first-order valence-corrected chi connectivity index (χ1v) is 1.51. The van der Waals surface area contributed by atoms with Crippen LogP contribution in [-0.2, 0) is 24.2 Å². The Hall–Kier alpha value is 0.543. The summed E-state index contributed by atoms with van der Waals surface area (Å²) in [6, 6.07) is 0. The van der Waals surface area contributed by atoms with Crippen molar-refractivity contribution >= 4 is 0 Å². The van der Waals surface area contributed by atoms with Gasteiger partial charge in [-0.3, -0.25) is 0 Å². The molecule has 0 radical (unpaired) electrons. The van der Waals surface area contributed by atoms with Gasteiger partial charge in [0.2, 0.25) is 0 Å². The van der Waals surface area contributed by atoms with Gasteiger partial charge in [-0.2, -0.15) is 0 Å². The SMILES string of the molecule is COCCO.[CH3-].[Zn]. The van der Waals surface area contributed by atoms with Gasteiger partial charge in [-0.05, 0) is 0 Å². The standard InChI is InChI=1S/C3H8O2.CH3.Zn/c1-5-3-2-4;;/h4H,2-3H2,1H3;1H3;/q;-1;. The van der Waals surface area contributed by atoms with Crippen molar-refractivity contribution < 1.29 is 29.3 Å². The van der Waals surface area contributed by atoms with E-state index in [1.54, 1.807) is 7.11 Å². The monoisotopic (exact) mass is 155 g/mol. The van der Waals surface area contributed by atoms with Crippen LogP contribution in [0.3, 0.4) is 0 Å². The van der Waals surface area contributed by atoms with Crippen molar-refractivity contribution in [3.8, 4) is 0 Å². The van der Waals surface area contributed by atoms with Gasteiger partial charge in [0.1, 0.15) is 0 Å². The fourth-order valence-corrected chi connectivity index (χ4v) is 0.0913. The summed E-state index contributed by atoms with van der Waals surface area (Å²) in [4.78, 5) is 0. The molecule has 0 rings (SSSR count). The van der Waals surface area contributed by atoms with Crippen molar-refractivity contribution in [3.05, 3.63) is 7.43 Å². The van der Waals surface area contributed by atoms with Gasteiger partial charge in [-0.25, -0.2) is 0 Å². The Bertz CT molecular complexity index is 17.2. The van der Waals surface area contributed by atoms with Gasteiger partial charge in [-0.1, -0.05) is 0 Å². The van der Waals surface area contributed by atoms with Crippen LogP contribution >= 0.6 is 0 Å². The van der Waals surface area contributed by atoms with Crippen molar-refractivity contribution in [1.29, 1.82) is 0 Å². The minimum absolute atomic E-state index is 0. The molecule has 0 bridgehead atoms. The van der Waals surface area contributed by atoms with Crippen molar-refractivity contribution in [1.82, 2.24) is 0 Å². The first kappa shape index (κ1) is 15.6. The quantitative estimate of drug-likeness (QED) is 0.453. The van der Waals surface area contributed by atoms with Crippen LogP contribution in [0, 0.1) is 7.43 Å². The topological polar surface area (TPSA) is 29.5 Å². The Morgan fingerprint density at radius 1 is 1.57 bits per heavy atom. The van der Waals surface area contributed by atoms with E-state index in [4.69, 9.17) is 5.11 Å². The molecule has 0 saturated heterocycles. The van der Waals surface area contributed by atoms with E-state index in [2.05, 4.69) is 4.74 Å². The molecule has 0 aliphatic rings. The van der Waals surface area contributed by atoms with Gasteiger partial charge in [0.05, 0.1) is 13.2 Å². The predicted molar refractivity (Wildman–Crippen MR) is 25.4 cm³/mol. The van der Waals surface area contributed by atoms with E-state index in [0.717, 1.165) is 0 Å². The van der Waals surface area contributed by atoms with E-state index >= 15 is 0 Å². The summed E-state index contributed by atoms with van der Waals surface area (Å²) < 4.78 is 4.44. The second-order valence-electron chi connectivity index (χ2n) is 0.716. The Labute approximate surface area is 57.6 Å². The largest absolute Gasteiger partial charge is 0.394 e. The Morgan fingerprint density at radius 3 is 2.00 bits per heavy atom. The molecule has 42 valence electrons. The molecule has 0 spiro atoms. The number of hydrogen-bond donors (Lipinski definition) is 1. The van der Waals surface area contributed by atoms with Gasteiger partial charge in [-0.15, -0.1) is 0 Å². The summed E-state index contributed by atoms with van der Waals surface area (Å²) >= 11 is 0. The maximum absolute atomic E-state index is 7.94. The third-order valence-electron chi connectivity index (χ3n) is 0.295. The first-order valence-electron chi connectivity index (χ1n) is 1.51. The number of rotatable bonds is 2. The van der Waals surface area contributed by atoms with E-state index < -0.39 is 0 Å².